The van der Waals surface area contributed by atoms with Crippen molar-refractivity contribution < 1.29 is 15.3 Å². The van der Waals surface area contributed by atoms with Crippen molar-refractivity contribution in [2.75, 3.05) is 6.61 Å². The van der Waals surface area contributed by atoms with E-state index in [0.29, 0.717) is 23.7 Å². The van der Waals surface area contributed by atoms with Gasteiger partial charge in [-0.1, -0.05) is 32.4 Å². The van der Waals surface area contributed by atoms with E-state index in [1.807, 2.05) is 0 Å². The zero-order valence-electron chi connectivity index (χ0n) is 15.4. The standard InChI is InChI=1S/C21H34O3/c1-12-10-16-13(2)17(23)7-9-21(16,11-22)15-6-8-20(3)14(19(12)15)4-5-18(20)24/h10,12-15,17-19,22-24H,4-9,11H2,1-3H3/t12?,13?,14-,15+,17?,18?,19-,20-,21-/m0/s1. The summed E-state index contributed by atoms with van der Waals surface area (Å²) in [6, 6.07) is 0. The van der Waals surface area contributed by atoms with E-state index >= 15 is 0 Å². The van der Waals surface area contributed by atoms with Gasteiger partial charge in [0.1, 0.15) is 0 Å². The first kappa shape index (κ1) is 17.1. The molecule has 4 aliphatic rings. The van der Waals surface area contributed by atoms with Crippen LogP contribution in [0.2, 0.25) is 0 Å². The second-order valence-electron chi connectivity index (χ2n) is 9.62. The fraction of sp³-hybridized carbons (Fsp3) is 0.905. The van der Waals surface area contributed by atoms with Crippen molar-refractivity contribution in [2.24, 2.45) is 40.4 Å². The van der Waals surface area contributed by atoms with Gasteiger partial charge in [0.05, 0.1) is 18.8 Å². The zero-order valence-corrected chi connectivity index (χ0v) is 15.4. The number of allylic oxidation sites excluding steroid dienone is 1. The number of rotatable bonds is 1. The highest BCUT2D eigenvalue weighted by molar-refractivity contribution is 5.30. The Kier molecular flexibility index (Phi) is 3.95. The van der Waals surface area contributed by atoms with Crippen LogP contribution in [0, 0.1) is 40.4 Å². The highest BCUT2D eigenvalue weighted by Gasteiger charge is 2.61. The molecular weight excluding hydrogens is 300 g/mol. The number of hydrogen-bond donors (Lipinski definition) is 3. The summed E-state index contributed by atoms with van der Waals surface area (Å²) in [5.41, 5.74) is 1.28. The molecule has 0 amide bonds. The molecule has 3 heteroatoms. The fourth-order valence-corrected chi connectivity index (χ4v) is 7.40. The lowest BCUT2D eigenvalue weighted by atomic mass is 9.44. The molecule has 0 radical (unpaired) electrons. The topological polar surface area (TPSA) is 60.7 Å². The van der Waals surface area contributed by atoms with Crippen LogP contribution in [0.15, 0.2) is 11.6 Å². The van der Waals surface area contributed by atoms with Crippen molar-refractivity contribution >= 4 is 0 Å². The number of fused-ring (bicyclic) bond motifs is 5. The third-order valence-electron chi connectivity index (χ3n) is 8.85. The number of hydrogen-bond acceptors (Lipinski definition) is 3. The van der Waals surface area contributed by atoms with Gasteiger partial charge in [-0.2, -0.15) is 0 Å². The van der Waals surface area contributed by atoms with E-state index in [4.69, 9.17) is 0 Å². The summed E-state index contributed by atoms with van der Waals surface area (Å²) in [5.74, 6) is 2.30. The molecule has 3 N–H and O–H groups in total. The van der Waals surface area contributed by atoms with Gasteiger partial charge in [0.25, 0.3) is 0 Å². The van der Waals surface area contributed by atoms with E-state index in [2.05, 4.69) is 26.8 Å². The third kappa shape index (κ3) is 2.01. The summed E-state index contributed by atoms with van der Waals surface area (Å²) in [5, 5.41) is 31.5. The third-order valence-corrected chi connectivity index (χ3v) is 8.85. The Morgan fingerprint density at radius 2 is 1.79 bits per heavy atom. The molecule has 4 unspecified atom stereocenters. The average molecular weight is 335 g/mol. The molecule has 0 aliphatic heterocycles. The Morgan fingerprint density at radius 3 is 2.50 bits per heavy atom. The van der Waals surface area contributed by atoms with E-state index in [-0.39, 0.29) is 35.6 Å². The minimum absolute atomic E-state index is 0.0667. The van der Waals surface area contributed by atoms with Gasteiger partial charge >= 0.3 is 0 Å². The lowest BCUT2D eigenvalue weighted by molar-refractivity contribution is -0.107. The second-order valence-corrected chi connectivity index (χ2v) is 9.62. The minimum atomic E-state index is -0.262. The van der Waals surface area contributed by atoms with Gasteiger partial charge in [-0.15, -0.1) is 0 Å². The molecule has 3 fully saturated rings. The summed E-state index contributed by atoms with van der Waals surface area (Å²) < 4.78 is 0. The van der Waals surface area contributed by atoms with Crippen LogP contribution in [0.25, 0.3) is 0 Å². The molecule has 24 heavy (non-hydrogen) atoms. The molecule has 0 heterocycles. The molecule has 136 valence electrons. The molecule has 0 saturated heterocycles. The van der Waals surface area contributed by atoms with Gasteiger partial charge in [0, 0.05) is 11.3 Å². The Labute approximate surface area is 146 Å². The highest BCUT2D eigenvalue weighted by Crippen LogP contribution is 2.66. The quantitative estimate of drug-likeness (QED) is 0.646. The zero-order chi connectivity index (χ0) is 17.3. The first-order valence-electron chi connectivity index (χ1n) is 10.0. The Bertz CT molecular complexity index is 543. The SMILES string of the molecule is CC1C2=CC(C)[C@@H]3[C@@H](CC[C@]4(C)C(O)CC[C@@H]34)[C@@]2(CO)CCC1O. The van der Waals surface area contributed by atoms with Crippen molar-refractivity contribution in [3.63, 3.8) is 0 Å². The van der Waals surface area contributed by atoms with Crippen molar-refractivity contribution in [3.8, 4) is 0 Å². The van der Waals surface area contributed by atoms with Gasteiger partial charge < -0.3 is 15.3 Å². The molecule has 3 nitrogen and oxygen atoms in total. The van der Waals surface area contributed by atoms with E-state index < -0.39 is 0 Å². The van der Waals surface area contributed by atoms with Crippen LogP contribution in [-0.2, 0) is 0 Å². The first-order valence-corrected chi connectivity index (χ1v) is 10.0. The predicted molar refractivity (Wildman–Crippen MR) is 94.2 cm³/mol. The summed E-state index contributed by atoms with van der Waals surface area (Å²) in [6.45, 7) is 6.99. The summed E-state index contributed by atoms with van der Waals surface area (Å²) in [6.07, 6.45) is 7.97. The highest BCUT2D eigenvalue weighted by atomic mass is 16.3. The Balaban J connectivity index is 1.78. The molecule has 3 saturated carbocycles. The fourth-order valence-electron chi connectivity index (χ4n) is 7.40. The van der Waals surface area contributed by atoms with Gasteiger partial charge in [-0.05, 0) is 67.6 Å². The lowest BCUT2D eigenvalue weighted by Crippen LogP contribution is -2.56. The lowest BCUT2D eigenvalue weighted by Gasteiger charge is -2.60. The van der Waals surface area contributed by atoms with Crippen molar-refractivity contribution in [1.29, 1.82) is 0 Å². The molecule has 4 aliphatic carbocycles. The van der Waals surface area contributed by atoms with E-state index in [1.54, 1.807) is 0 Å². The van der Waals surface area contributed by atoms with Crippen molar-refractivity contribution in [1.82, 2.24) is 0 Å². The predicted octanol–water partition coefficient (Wildman–Crippen LogP) is 3.14. The monoisotopic (exact) mass is 334 g/mol. The molecular formula is C21H34O3. The van der Waals surface area contributed by atoms with Crippen LogP contribution in [0.5, 0.6) is 0 Å². The molecule has 0 bridgehead atoms. The van der Waals surface area contributed by atoms with E-state index in [0.717, 1.165) is 38.5 Å². The van der Waals surface area contributed by atoms with Crippen LogP contribution < -0.4 is 0 Å². The number of aliphatic hydroxyl groups excluding tert-OH is 3. The van der Waals surface area contributed by atoms with Crippen LogP contribution >= 0.6 is 0 Å². The molecule has 0 aromatic carbocycles. The van der Waals surface area contributed by atoms with Crippen molar-refractivity contribution in [2.45, 2.75) is 71.5 Å². The average Bonchev–Trinajstić information content (AvgIpc) is 2.87. The Hall–Kier alpha value is -0.380. The molecule has 9 atom stereocenters. The number of aliphatic hydroxyl groups is 3. The summed E-state index contributed by atoms with van der Waals surface area (Å²) >= 11 is 0. The maximum atomic E-state index is 10.6. The summed E-state index contributed by atoms with van der Waals surface area (Å²) in [7, 11) is 0. The minimum Gasteiger partial charge on any atom is -0.395 e. The van der Waals surface area contributed by atoms with Gasteiger partial charge in [0.2, 0.25) is 0 Å². The van der Waals surface area contributed by atoms with Gasteiger partial charge in [0.15, 0.2) is 0 Å². The normalized spacial score (nSPS) is 56.9. The Morgan fingerprint density at radius 1 is 1.04 bits per heavy atom. The van der Waals surface area contributed by atoms with Crippen molar-refractivity contribution in [3.05, 3.63) is 11.6 Å². The smallest absolute Gasteiger partial charge is 0.0603 e. The molecule has 0 aromatic rings. The largest absolute Gasteiger partial charge is 0.395 e. The summed E-state index contributed by atoms with van der Waals surface area (Å²) in [4.78, 5) is 0. The van der Waals surface area contributed by atoms with Crippen LogP contribution in [-0.4, -0.2) is 34.1 Å². The van der Waals surface area contributed by atoms with Gasteiger partial charge in [-0.3, -0.25) is 0 Å². The maximum Gasteiger partial charge on any atom is 0.0603 e. The van der Waals surface area contributed by atoms with Crippen LogP contribution in [0.1, 0.15) is 59.3 Å². The second kappa shape index (κ2) is 5.56. The molecule has 0 aromatic heterocycles. The maximum absolute atomic E-state index is 10.6. The van der Waals surface area contributed by atoms with E-state index in [9.17, 15) is 15.3 Å². The van der Waals surface area contributed by atoms with Gasteiger partial charge in [-0.25, -0.2) is 0 Å². The van der Waals surface area contributed by atoms with Crippen LogP contribution in [0.4, 0.5) is 0 Å². The molecule has 4 rings (SSSR count). The van der Waals surface area contributed by atoms with Crippen LogP contribution in [0.3, 0.4) is 0 Å². The van der Waals surface area contributed by atoms with E-state index in [1.165, 1.54) is 5.57 Å². The first-order chi connectivity index (χ1) is 11.3. The molecule has 0 spiro atoms.